The topological polar surface area (TPSA) is 170 Å². The van der Waals surface area contributed by atoms with Crippen LogP contribution in [0.2, 0.25) is 0 Å². The minimum absolute atomic E-state index is 0.116. The van der Waals surface area contributed by atoms with Crippen LogP contribution in [0, 0.1) is 10.1 Å². The quantitative estimate of drug-likeness (QED) is 0.285. The number of hydrogen-bond donors (Lipinski definition) is 1. The summed E-state index contributed by atoms with van der Waals surface area (Å²) < 4.78 is 28.1. The molecular formula is C19H15N3O9S. The van der Waals surface area contributed by atoms with Crippen molar-refractivity contribution in [2.24, 2.45) is 0 Å². The highest BCUT2D eigenvalue weighted by Gasteiger charge is 2.32. The molecule has 0 aliphatic carbocycles. The van der Waals surface area contributed by atoms with Crippen molar-refractivity contribution in [1.82, 2.24) is 4.90 Å². The van der Waals surface area contributed by atoms with E-state index in [4.69, 9.17) is 4.74 Å². The molecule has 3 amide bonds. The van der Waals surface area contributed by atoms with E-state index in [9.17, 15) is 37.7 Å². The Kier molecular flexibility index (Phi) is 5.77. The number of fused-ring (bicyclic) bond motifs is 1. The number of rotatable bonds is 6. The van der Waals surface area contributed by atoms with Gasteiger partial charge in [-0.3, -0.25) is 29.4 Å². The van der Waals surface area contributed by atoms with Gasteiger partial charge in [0.2, 0.25) is 0 Å². The number of ether oxygens (including phenoxy) is 1. The number of nitrogens with one attached hydrogen (secondary N) is 1. The van der Waals surface area contributed by atoms with Crippen molar-refractivity contribution in [2.45, 2.75) is 4.90 Å². The van der Waals surface area contributed by atoms with E-state index >= 15 is 0 Å². The van der Waals surface area contributed by atoms with E-state index in [0.717, 1.165) is 29.4 Å². The Morgan fingerprint density at radius 1 is 1.09 bits per heavy atom. The zero-order valence-electron chi connectivity index (χ0n) is 16.6. The van der Waals surface area contributed by atoms with Gasteiger partial charge in [0.1, 0.15) is 4.90 Å². The van der Waals surface area contributed by atoms with E-state index in [0.29, 0.717) is 0 Å². The maximum absolute atomic E-state index is 12.1. The largest absolute Gasteiger partial charge is 0.452 e. The Bertz CT molecular complexity index is 1300. The summed E-state index contributed by atoms with van der Waals surface area (Å²) in [5.74, 6) is -2.84. The van der Waals surface area contributed by atoms with Crippen molar-refractivity contribution >= 4 is 44.9 Å². The van der Waals surface area contributed by atoms with Gasteiger partial charge in [-0.1, -0.05) is 0 Å². The Labute approximate surface area is 180 Å². The molecule has 2 aromatic carbocycles. The molecule has 0 fully saturated rings. The molecule has 0 unspecified atom stereocenters. The van der Waals surface area contributed by atoms with Crippen molar-refractivity contribution in [2.75, 3.05) is 25.2 Å². The average Bonchev–Trinajstić information content (AvgIpc) is 2.94. The molecule has 0 radical (unpaired) electrons. The number of carbonyl (C=O) groups is 4. The molecule has 1 N–H and O–H groups in total. The zero-order valence-corrected chi connectivity index (χ0v) is 17.5. The first kappa shape index (κ1) is 22.6. The van der Waals surface area contributed by atoms with Crippen molar-refractivity contribution in [3.63, 3.8) is 0 Å². The molecule has 2 aromatic rings. The van der Waals surface area contributed by atoms with E-state index < -0.39 is 55.6 Å². The normalized spacial score (nSPS) is 13.0. The van der Waals surface area contributed by atoms with Crippen LogP contribution in [-0.4, -0.2) is 61.8 Å². The van der Waals surface area contributed by atoms with Crippen molar-refractivity contribution < 1.29 is 37.3 Å². The lowest BCUT2D eigenvalue weighted by atomic mass is 10.1. The fourth-order valence-electron chi connectivity index (χ4n) is 2.95. The second-order valence-corrected chi connectivity index (χ2v) is 8.75. The average molecular weight is 461 g/mol. The number of amides is 3. The van der Waals surface area contributed by atoms with Crippen molar-refractivity contribution in [1.29, 1.82) is 0 Å². The monoisotopic (exact) mass is 461 g/mol. The molecule has 1 heterocycles. The van der Waals surface area contributed by atoms with Gasteiger partial charge in [-0.25, -0.2) is 13.2 Å². The van der Waals surface area contributed by atoms with Gasteiger partial charge in [0.15, 0.2) is 16.4 Å². The van der Waals surface area contributed by atoms with Crippen LogP contribution in [-0.2, 0) is 19.4 Å². The summed E-state index contributed by atoms with van der Waals surface area (Å²) in [7, 11) is -2.57. The molecule has 0 aromatic heterocycles. The van der Waals surface area contributed by atoms with Gasteiger partial charge in [0, 0.05) is 25.1 Å². The Balaban J connectivity index is 1.68. The first-order chi connectivity index (χ1) is 14.9. The van der Waals surface area contributed by atoms with Crippen LogP contribution in [0.1, 0.15) is 31.1 Å². The number of benzene rings is 2. The van der Waals surface area contributed by atoms with E-state index in [1.807, 2.05) is 0 Å². The number of nitro groups is 1. The number of anilines is 1. The second kappa shape index (κ2) is 8.19. The number of hydrogen-bond acceptors (Lipinski definition) is 9. The standard InChI is InChI=1S/C19H15N3O9S/c1-21-17(24)12-5-4-11(8-13(12)18(21)25)20-16(23)9-31-19(26)10-3-6-15(32(2,29)30)14(7-10)22(27)28/h3-8H,9H2,1-2H3,(H,20,23). The molecule has 32 heavy (non-hydrogen) atoms. The van der Waals surface area contributed by atoms with E-state index in [-0.39, 0.29) is 22.4 Å². The van der Waals surface area contributed by atoms with Gasteiger partial charge in [-0.15, -0.1) is 0 Å². The summed E-state index contributed by atoms with van der Waals surface area (Å²) in [4.78, 5) is 58.7. The molecule has 12 nitrogen and oxygen atoms in total. The van der Waals surface area contributed by atoms with Crippen LogP contribution in [0.3, 0.4) is 0 Å². The predicted octanol–water partition coefficient (Wildman–Crippen LogP) is 1.02. The molecule has 0 spiro atoms. The molecule has 1 aliphatic rings. The van der Waals surface area contributed by atoms with Gasteiger partial charge in [-0.2, -0.15) is 0 Å². The fraction of sp³-hybridized carbons (Fsp3) is 0.158. The molecule has 0 atom stereocenters. The summed E-state index contributed by atoms with van der Waals surface area (Å²) in [6.07, 6.45) is 0.790. The minimum Gasteiger partial charge on any atom is -0.452 e. The lowest BCUT2D eigenvalue weighted by Gasteiger charge is -2.08. The third kappa shape index (κ3) is 4.32. The van der Waals surface area contributed by atoms with Crippen LogP contribution in [0.4, 0.5) is 11.4 Å². The second-order valence-electron chi connectivity index (χ2n) is 6.77. The van der Waals surface area contributed by atoms with E-state index in [2.05, 4.69) is 5.32 Å². The van der Waals surface area contributed by atoms with Crippen molar-refractivity contribution in [3.05, 3.63) is 63.2 Å². The predicted molar refractivity (Wildman–Crippen MR) is 108 cm³/mol. The van der Waals surface area contributed by atoms with E-state index in [1.165, 1.54) is 25.2 Å². The number of imide groups is 1. The van der Waals surface area contributed by atoms with Gasteiger partial charge in [0.05, 0.1) is 21.6 Å². The summed E-state index contributed by atoms with van der Waals surface area (Å²) >= 11 is 0. The molecule has 0 saturated carbocycles. The maximum Gasteiger partial charge on any atom is 0.338 e. The highest BCUT2D eigenvalue weighted by Crippen LogP contribution is 2.26. The van der Waals surface area contributed by atoms with E-state index in [1.54, 1.807) is 0 Å². The number of esters is 1. The van der Waals surface area contributed by atoms with Crippen LogP contribution >= 0.6 is 0 Å². The zero-order chi connectivity index (χ0) is 23.8. The maximum atomic E-state index is 12.1. The third-order valence-electron chi connectivity index (χ3n) is 4.50. The third-order valence-corrected chi connectivity index (χ3v) is 5.64. The van der Waals surface area contributed by atoms with Crippen LogP contribution in [0.15, 0.2) is 41.3 Å². The summed E-state index contributed by atoms with van der Waals surface area (Å²) in [6, 6.07) is 6.77. The van der Waals surface area contributed by atoms with Gasteiger partial charge in [0.25, 0.3) is 23.4 Å². The highest BCUT2D eigenvalue weighted by molar-refractivity contribution is 7.90. The summed E-state index contributed by atoms with van der Waals surface area (Å²) in [6.45, 7) is -0.760. The van der Waals surface area contributed by atoms with Gasteiger partial charge >= 0.3 is 5.97 Å². The molecule has 166 valence electrons. The van der Waals surface area contributed by atoms with Gasteiger partial charge in [-0.05, 0) is 30.3 Å². The SMILES string of the molecule is CN1C(=O)c2ccc(NC(=O)COC(=O)c3ccc(S(C)(=O)=O)c([N+](=O)[O-])c3)cc2C1=O. The number of nitro benzene ring substituents is 1. The Morgan fingerprint density at radius 2 is 1.75 bits per heavy atom. The molecule has 3 rings (SSSR count). The minimum atomic E-state index is -3.90. The molecule has 0 saturated heterocycles. The van der Waals surface area contributed by atoms with Crippen LogP contribution in [0.5, 0.6) is 0 Å². The fourth-order valence-corrected chi connectivity index (χ4v) is 3.78. The van der Waals surface area contributed by atoms with Crippen LogP contribution < -0.4 is 5.32 Å². The highest BCUT2D eigenvalue weighted by atomic mass is 32.2. The first-order valence-corrected chi connectivity index (χ1v) is 10.7. The number of sulfone groups is 1. The summed E-state index contributed by atoms with van der Waals surface area (Å²) in [5.41, 5.74) is -0.615. The molecule has 1 aliphatic heterocycles. The number of nitrogens with zero attached hydrogens (tertiary/aromatic N) is 2. The lowest BCUT2D eigenvalue weighted by Crippen LogP contribution is -2.24. The lowest BCUT2D eigenvalue weighted by molar-refractivity contribution is -0.387. The number of carbonyl (C=O) groups excluding carboxylic acids is 4. The van der Waals surface area contributed by atoms with Gasteiger partial charge < -0.3 is 10.1 Å². The molecule has 13 heteroatoms. The summed E-state index contributed by atoms with van der Waals surface area (Å²) in [5, 5.41) is 13.5. The van der Waals surface area contributed by atoms with Crippen LogP contribution in [0.25, 0.3) is 0 Å². The smallest absolute Gasteiger partial charge is 0.338 e. The molecule has 0 bridgehead atoms. The Hall–Kier alpha value is -4.13. The Morgan fingerprint density at radius 3 is 2.38 bits per heavy atom. The molecular weight excluding hydrogens is 446 g/mol. The van der Waals surface area contributed by atoms with Crippen molar-refractivity contribution in [3.8, 4) is 0 Å². The first-order valence-electron chi connectivity index (χ1n) is 8.82.